The lowest BCUT2D eigenvalue weighted by Crippen LogP contribution is -2.07. The normalized spacial score (nSPS) is 10.5. The third kappa shape index (κ3) is 2.85. The molecule has 90 valence electrons. The molecule has 0 fully saturated rings. The highest BCUT2D eigenvalue weighted by Crippen LogP contribution is 2.20. The quantitative estimate of drug-likeness (QED) is 0.855. The topological polar surface area (TPSA) is 53.1 Å². The van der Waals surface area contributed by atoms with Gasteiger partial charge >= 0.3 is 0 Å². The smallest absolute Gasteiger partial charge is 0.119 e. The molecule has 0 aliphatic rings. The Morgan fingerprint density at radius 2 is 2.06 bits per heavy atom. The summed E-state index contributed by atoms with van der Waals surface area (Å²) in [6, 6.07) is 7.95. The van der Waals surface area contributed by atoms with Crippen LogP contribution in [0.25, 0.3) is 11.3 Å². The van der Waals surface area contributed by atoms with Crippen LogP contribution in [0.15, 0.2) is 36.8 Å². The van der Waals surface area contributed by atoms with E-state index in [2.05, 4.69) is 4.98 Å². The van der Waals surface area contributed by atoms with Crippen LogP contribution in [0.4, 0.5) is 0 Å². The third-order valence-electron chi connectivity index (χ3n) is 2.48. The molecule has 2 rings (SSSR count). The summed E-state index contributed by atoms with van der Waals surface area (Å²) in [5.74, 6) is 0.887. The molecule has 0 atom stereocenters. The Labute approximate surface area is 101 Å². The number of aromatic nitrogens is 2. The Kier molecular flexibility index (Phi) is 3.77. The summed E-state index contributed by atoms with van der Waals surface area (Å²) in [5.41, 5.74) is 7.54. The second-order valence-corrected chi connectivity index (χ2v) is 3.74. The van der Waals surface area contributed by atoms with E-state index in [1.807, 2.05) is 42.0 Å². The van der Waals surface area contributed by atoms with Gasteiger partial charge in [0.1, 0.15) is 5.75 Å². The number of hydrogen-bond donors (Lipinski definition) is 1. The van der Waals surface area contributed by atoms with Gasteiger partial charge in [-0.05, 0) is 31.2 Å². The zero-order valence-electron chi connectivity index (χ0n) is 9.97. The van der Waals surface area contributed by atoms with Crippen LogP contribution in [0, 0.1) is 0 Å². The van der Waals surface area contributed by atoms with Gasteiger partial charge in [-0.1, -0.05) is 0 Å². The van der Waals surface area contributed by atoms with Crippen molar-refractivity contribution in [2.24, 2.45) is 5.73 Å². The molecular weight excluding hydrogens is 214 g/mol. The van der Waals surface area contributed by atoms with Gasteiger partial charge in [0.2, 0.25) is 0 Å². The van der Waals surface area contributed by atoms with Crippen molar-refractivity contribution in [3.8, 4) is 17.0 Å². The Bertz CT molecular complexity index is 462. The summed E-state index contributed by atoms with van der Waals surface area (Å²) >= 11 is 0. The molecule has 0 amide bonds. The minimum atomic E-state index is 0.624. The maximum absolute atomic E-state index is 5.50. The van der Waals surface area contributed by atoms with Crippen molar-refractivity contribution in [3.63, 3.8) is 0 Å². The van der Waals surface area contributed by atoms with Gasteiger partial charge < -0.3 is 15.0 Å². The number of imidazole rings is 1. The van der Waals surface area contributed by atoms with Gasteiger partial charge in [0.05, 0.1) is 18.6 Å². The van der Waals surface area contributed by atoms with E-state index in [0.29, 0.717) is 13.2 Å². The van der Waals surface area contributed by atoms with Gasteiger partial charge in [-0.15, -0.1) is 0 Å². The highest BCUT2D eigenvalue weighted by Gasteiger charge is 2.02. The lowest BCUT2D eigenvalue weighted by atomic mass is 10.2. The molecule has 4 nitrogen and oxygen atoms in total. The molecule has 2 aromatic rings. The molecular formula is C13H17N3O. The van der Waals surface area contributed by atoms with Crippen LogP contribution in [0.1, 0.15) is 6.92 Å². The lowest BCUT2D eigenvalue weighted by Gasteiger charge is -2.03. The Morgan fingerprint density at radius 1 is 1.29 bits per heavy atom. The summed E-state index contributed by atoms with van der Waals surface area (Å²) in [6.45, 7) is 4.08. The minimum absolute atomic E-state index is 0.624. The summed E-state index contributed by atoms with van der Waals surface area (Å²) in [7, 11) is 0. The van der Waals surface area contributed by atoms with E-state index in [1.165, 1.54) is 0 Å². The van der Waals surface area contributed by atoms with Gasteiger partial charge in [0, 0.05) is 24.8 Å². The van der Waals surface area contributed by atoms with Crippen molar-refractivity contribution in [2.75, 3.05) is 13.2 Å². The van der Waals surface area contributed by atoms with E-state index in [1.54, 1.807) is 6.33 Å². The van der Waals surface area contributed by atoms with Gasteiger partial charge in [-0.3, -0.25) is 0 Å². The van der Waals surface area contributed by atoms with Crippen LogP contribution >= 0.6 is 0 Å². The fourth-order valence-corrected chi connectivity index (χ4v) is 1.67. The van der Waals surface area contributed by atoms with E-state index in [9.17, 15) is 0 Å². The van der Waals surface area contributed by atoms with Crippen molar-refractivity contribution in [1.82, 2.24) is 9.55 Å². The minimum Gasteiger partial charge on any atom is -0.494 e. The van der Waals surface area contributed by atoms with Gasteiger partial charge in [0.15, 0.2) is 0 Å². The summed E-state index contributed by atoms with van der Waals surface area (Å²) < 4.78 is 7.39. The first-order valence-electron chi connectivity index (χ1n) is 5.78. The predicted molar refractivity (Wildman–Crippen MR) is 67.9 cm³/mol. The summed E-state index contributed by atoms with van der Waals surface area (Å²) in [6.07, 6.45) is 3.81. The summed E-state index contributed by atoms with van der Waals surface area (Å²) in [4.78, 5) is 4.35. The number of nitrogens with zero attached hydrogens (tertiary/aromatic N) is 2. The zero-order chi connectivity index (χ0) is 12.1. The third-order valence-corrected chi connectivity index (χ3v) is 2.48. The first kappa shape index (κ1) is 11.7. The molecule has 0 bridgehead atoms. The molecule has 17 heavy (non-hydrogen) atoms. The fraction of sp³-hybridized carbons (Fsp3) is 0.308. The molecule has 4 heteroatoms. The number of rotatable bonds is 5. The van der Waals surface area contributed by atoms with Crippen molar-refractivity contribution in [1.29, 1.82) is 0 Å². The van der Waals surface area contributed by atoms with Gasteiger partial charge in [-0.2, -0.15) is 0 Å². The molecule has 0 saturated heterocycles. The number of ether oxygens (including phenoxy) is 1. The summed E-state index contributed by atoms with van der Waals surface area (Å²) in [5, 5.41) is 0. The molecule has 2 N–H and O–H groups in total. The van der Waals surface area contributed by atoms with E-state index in [-0.39, 0.29) is 0 Å². The first-order valence-corrected chi connectivity index (χ1v) is 5.78. The maximum Gasteiger partial charge on any atom is 0.119 e. The van der Waals surface area contributed by atoms with Crippen LogP contribution in [0.3, 0.4) is 0 Å². The van der Waals surface area contributed by atoms with Crippen LogP contribution in [-0.4, -0.2) is 22.7 Å². The highest BCUT2D eigenvalue weighted by atomic mass is 16.5. The molecule has 0 aliphatic heterocycles. The lowest BCUT2D eigenvalue weighted by molar-refractivity contribution is 0.340. The first-order chi connectivity index (χ1) is 8.33. The number of hydrogen-bond acceptors (Lipinski definition) is 3. The van der Waals surface area contributed by atoms with Crippen LogP contribution in [0.5, 0.6) is 5.75 Å². The van der Waals surface area contributed by atoms with Crippen molar-refractivity contribution >= 4 is 0 Å². The average molecular weight is 231 g/mol. The van der Waals surface area contributed by atoms with Gasteiger partial charge in [-0.25, -0.2) is 4.98 Å². The van der Waals surface area contributed by atoms with E-state index in [4.69, 9.17) is 10.5 Å². The van der Waals surface area contributed by atoms with E-state index < -0.39 is 0 Å². The van der Waals surface area contributed by atoms with Crippen molar-refractivity contribution in [3.05, 3.63) is 36.8 Å². The second-order valence-electron chi connectivity index (χ2n) is 3.74. The largest absolute Gasteiger partial charge is 0.494 e. The average Bonchev–Trinajstić information content (AvgIpc) is 2.80. The van der Waals surface area contributed by atoms with Gasteiger partial charge in [0.25, 0.3) is 0 Å². The Morgan fingerprint density at radius 3 is 2.71 bits per heavy atom. The highest BCUT2D eigenvalue weighted by molar-refractivity contribution is 5.59. The Balaban J connectivity index is 2.15. The van der Waals surface area contributed by atoms with Crippen LogP contribution < -0.4 is 10.5 Å². The monoisotopic (exact) mass is 231 g/mol. The molecule has 1 aromatic heterocycles. The van der Waals surface area contributed by atoms with Crippen molar-refractivity contribution < 1.29 is 4.74 Å². The fourth-order valence-electron chi connectivity index (χ4n) is 1.67. The second kappa shape index (κ2) is 5.50. The molecule has 0 spiro atoms. The zero-order valence-corrected chi connectivity index (χ0v) is 9.97. The number of benzene rings is 1. The van der Waals surface area contributed by atoms with E-state index in [0.717, 1.165) is 23.6 Å². The standard InChI is InChI=1S/C13H17N3O/c1-2-17-12-5-3-11(4-6-12)13-9-16(8-7-14)10-15-13/h3-6,9-10H,2,7-8,14H2,1H3. The molecule has 0 unspecified atom stereocenters. The van der Waals surface area contributed by atoms with Crippen molar-refractivity contribution in [2.45, 2.75) is 13.5 Å². The van der Waals surface area contributed by atoms with Crippen LogP contribution in [0.2, 0.25) is 0 Å². The molecule has 0 aliphatic carbocycles. The molecule has 0 saturated carbocycles. The molecule has 1 aromatic carbocycles. The van der Waals surface area contributed by atoms with E-state index >= 15 is 0 Å². The molecule has 1 heterocycles. The molecule has 0 radical (unpaired) electrons. The SMILES string of the molecule is CCOc1ccc(-c2cn(CCN)cn2)cc1. The van der Waals surface area contributed by atoms with Crippen LogP contribution in [-0.2, 0) is 6.54 Å². The number of nitrogens with two attached hydrogens (primary N) is 1. The Hall–Kier alpha value is -1.81. The predicted octanol–water partition coefficient (Wildman–Crippen LogP) is 1.91. The maximum atomic E-state index is 5.50.